The van der Waals surface area contributed by atoms with Crippen LogP contribution < -0.4 is 5.32 Å². The SMILES string of the molecule is C/C=C\c1c(CC2=CC(F)=C(C(=O)N3CCNCC3)C2)ncn1C. The second-order valence-corrected chi connectivity index (χ2v) is 6.21. The summed E-state index contributed by atoms with van der Waals surface area (Å²) in [4.78, 5) is 18.7. The van der Waals surface area contributed by atoms with Gasteiger partial charge in [0.05, 0.1) is 23.3 Å². The average Bonchev–Trinajstić information content (AvgIpc) is 3.12. The highest BCUT2D eigenvalue weighted by Gasteiger charge is 2.27. The first-order chi connectivity index (χ1) is 11.6. The summed E-state index contributed by atoms with van der Waals surface area (Å²) in [5.74, 6) is -0.563. The molecule has 1 N–H and O–H groups in total. The van der Waals surface area contributed by atoms with Gasteiger partial charge in [0, 0.05) is 46.1 Å². The predicted molar refractivity (Wildman–Crippen MR) is 91.9 cm³/mol. The first-order valence-electron chi connectivity index (χ1n) is 8.31. The number of aromatic nitrogens is 2. The van der Waals surface area contributed by atoms with E-state index in [2.05, 4.69) is 10.3 Å². The molecule has 1 aliphatic heterocycles. The molecule has 0 radical (unpaired) electrons. The molecule has 1 aliphatic carbocycles. The van der Waals surface area contributed by atoms with Gasteiger partial charge in [-0.05, 0) is 19.1 Å². The summed E-state index contributed by atoms with van der Waals surface area (Å²) in [5.41, 5.74) is 3.11. The van der Waals surface area contributed by atoms with Crippen molar-refractivity contribution in [1.29, 1.82) is 0 Å². The second kappa shape index (κ2) is 7.13. The van der Waals surface area contributed by atoms with Crippen LogP contribution in [0.2, 0.25) is 0 Å². The van der Waals surface area contributed by atoms with E-state index in [9.17, 15) is 9.18 Å². The maximum Gasteiger partial charge on any atom is 0.253 e. The molecule has 2 heterocycles. The number of aryl methyl sites for hydroxylation is 1. The number of nitrogens with zero attached hydrogens (tertiary/aromatic N) is 3. The summed E-state index contributed by atoms with van der Waals surface area (Å²) < 4.78 is 16.2. The lowest BCUT2D eigenvalue weighted by Crippen LogP contribution is -2.46. The number of piperazine rings is 1. The summed E-state index contributed by atoms with van der Waals surface area (Å²) in [6.45, 7) is 4.76. The topological polar surface area (TPSA) is 50.2 Å². The van der Waals surface area contributed by atoms with Crippen molar-refractivity contribution in [1.82, 2.24) is 19.8 Å². The summed E-state index contributed by atoms with van der Waals surface area (Å²) in [6, 6.07) is 0. The Labute approximate surface area is 141 Å². The Balaban J connectivity index is 1.69. The zero-order valence-corrected chi connectivity index (χ0v) is 14.2. The lowest BCUT2D eigenvalue weighted by atomic mass is 10.0. The van der Waals surface area contributed by atoms with Crippen LogP contribution in [-0.4, -0.2) is 46.5 Å². The van der Waals surface area contributed by atoms with Gasteiger partial charge >= 0.3 is 0 Å². The summed E-state index contributed by atoms with van der Waals surface area (Å²) in [6.07, 6.45) is 8.16. The summed E-state index contributed by atoms with van der Waals surface area (Å²) in [7, 11) is 1.94. The lowest BCUT2D eigenvalue weighted by molar-refractivity contribution is -0.127. The van der Waals surface area contributed by atoms with Crippen molar-refractivity contribution in [3.05, 3.63) is 46.8 Å². The number of allylic oxidation sites excluding steroid dienone is 4. The molecule has 1 amide bonds. The Morgan fingerprint density at radius 3 is 2.88 bits per heavy atom. The third-order valence-electron chi connectivity index (χ3n) is 4.47. The van der Waals surface area contributed by atoms with Gasteiger partial charge in [-0.2, -0.15) is 0 Å². The van der Waals surface area contributed by atoms with Gasteiger partial charge in [-0.15, -0.1) is 0 Å². The standard InChI is InChI=1S/C18H23FN4O/c1-3-4-17-16(21-12-22(17)2)11-13-9-14(15(19)10-13)18(24)23-7-5-20-6-8-23/h3-4,10,12,20H,5-9,11H2,1-2H3/b4-3-. The molecule has 0 unspecified atom stereocenters. The van der Waals surface area contributed by atoms with Gasteiger partial charge < -0.3 is 14.8 Å². The van der Waals surface area contributed by atoms with Gasteiger partial charge in [-0.25, -0.2) is 9.37 Å². The average molecular weight is 330 g/mol. The van der Waals surface area contributed by atoms with Gasteiger partial charge in [0.1, 0.15) is 5.83 Å². The molecule has 3 rings (SSSR count). The normalized spacial score (nSPS) is 18.6. The molecular formula is C18H23FN4O. The van der Waals surface area contributed by atoms with E-state index in [1.807, 2.05) is 30.7 Å². The number of halogens is 1. The molecule has 5 nitrogen and oxygen atoms in total. The first-order valence-corrected chi connectivity index (χ1v) is 8.31. The van der Waals surface area contributed by atoms with Crippen molar-refractivity contribution < 1.29 is 9.18 Å². The van der Waals surface area contributed by atoms with Crippen molar-refractivity contribution in [2.75, 3.05) is 26.2 Å². The number of imidazole rings is 1. The van der Waals surface area contributed by atoms with Crippen molar-refractivity contribution >= 4 is 12.0 Å². The van der Waals surface area contributed by atoms with Crippen molar-refractivity contribution in [3.63, 3.8) is 0 Å². The molecule has 2 aliphatic rings. The van der Waals surface area contributed by atoms with E-state index in [1.165, 1.54) is 6.08 Å². The van der Waals surface area contributed by atoms with Crippen LogP contribution in [0.15, 0.2) is 35.5 Å². The van der Waals surface area contributed by atoms with Crippen molar-refractivity contribution in [2.45, 2.75) is 19.8 Å². The number of carbonyl (C=O) groups is 1. The minimum Gasteiger partial charge on any atom is -0.336 e. The van der Waals surface area contributed by atoms with Crippen LogP contribution >= 0.6 is 0 Å². The lowest BCUT2D eigenvalue weighted by Gasteiger charge is -2.28. The van der Waals surface area contributed by atoms with Crippen molar-refractivity contribution in [2.24, 2.45) is 7.05 Å². The number of carbonyl (C=O) groups excluding carboxylic acids is 1. The monoisotopic (exact) mass is 330 g/mol. The molecule has 0 spiro atoms. The van der Waals surface area contributed by atoms with Crippen LogP contribution in [0.25, 0.3) is 6.08 Å². The van der Waals surface area contributed by atoms with Crippen LogP contribution in [-0.2, 0) is 18.3 Å². The number of rotatable bonds is 4. The number of nitrogens with one attached hydrogen (secondary N) is 1. The third kappa shape index (κ3) is 3.33. The molecule has 1 aromatic rings. The maximum atomic E-state index is 14.3. The minimum atomic E-state index is -0.392. The van der Waals surface area contributed by atoms with E-state index in [-0.39, 0.29) is 11.5 Å². The summed E-state index contributed by atoms with van der Waals surface area (Å²) in [5, 5.41) is 3.20. The maximum absolute atomic E-state index is 14.3. The molecule has 1 saturated heterocycles. The molecule has 0 atom stereocenters. The van der Waals surface area contributed by atoms with Gasteiger partial charge in [-0.1, -0.05) is 11.6 Å². The highest BCUT2D eigenvalue weighted by atomic mass is 19.1. The molecule has 0 bridgehead atoms. The van der Waals surface area contributed by atoms with E-state index in [0.29, 0.717) is 25.9 Å². The number of hydrogen-bond acceptors (Lipinski definition) is 3. The fraction of sp³-hybridized carbons (Fsp3) is 0.444. The van der Waals surface area contributed by atoms with Crippen molar-refractivity contribution in [3.8, 4) is 0 Å². The second-order valence-electron chi connectivity index (χ2n) is 6.21. The molecule has 1 fully saturated rings. The highest BCUT2D eigenvalue weighted by Crippen LogP contribution is 2.30. The van der Waals surface area contributed by atoms with E-state index in [0.717, 1.165) is 30.1 Å². The largest absolute Gasteiger partial charge is 0.336 e. The number of amides is 1. The van der Waals surface area contributed by atoms with Crippen LogP contribution in [0.3, 0.4) is 0 Å². The van der Waals surface area contributed by atoms with Gasteiger partial charge in [-0.3, -0.25) is 4.79 Å². The van der Waals surface area contributed by atoms with Crippen LogP contribution in [0.1, 0.15) is 24.7 Å². The fourth-order valence-corrected chi connectivity index (χ4v) is 3.19. The quantitative estimate of drug-likeness (QED) is 0.918. The van der Waals surface area contributed by atoms with E-state index in [1.54, 1.807) is 11.2 Å². The first kappa shape index (κ1) is 16.6. The smallest absolute Gasteiger partial charge is 0.253 e. The van der Waals surface area contributed by atoms with Gasteiger partial charge in [0.2, 0.25) is 0 Å². The van der Waals surface area contributed by atoms with E-state index in [4.69, 9.17) is 0 Å². The predicted octanol–water partition coefficient (Wildman–Crippen LogP) is 1.98. The van der Waals surface area contributed by atoms with E-state index >= 15 is 0 Å². The highest BCUT2D eigenvalue weighted by molar-refractivity contribution is 5.95. The molecule has 0 saturated carbocycles. The molecule has 24 heavy (non-hydrogen) atoms. The zero-order valence-electron chi connectivity index (χ0n) is 14.2. The molecule has 128 valence electrons. The van der Waals surface area contributed by atoms with Gasteiger partial charge in [0.25, 0.3) is 5.91 Å². The van der Waals surface area contributed by atoms with Crippen LogP contribution in [0, 0.1) is 0 Å². The number of hydrogen-bond donors (Lipinski definition) is 1. The molecule has 1 aromatic heterocycles. The zero-order chi connectivity index (χ0) is 17.1. The molecule has 0 aromatic carbocycles. The minimum absolute atomic E-state index is 0.171. The summed E-state index contributed by atoms with van der Waals surface area (Å²) >= 11 is 0. The van der Waals surface area contributed by atoms with Crippen LogP contribution in [0.5, 0.6) is 0 Å². The Kier molecular flexibility index (Phi) is 4.94. The Hall–Kier alpha value is -2.21. The molecular weight excluding hydrogens is 307 g/mol. The Morgan fingerprint density at radius 1 is 1.42 bits per heavy atom. The fourth-order valence-electron chi connectivity index (χ4n) is 3.19. The third-order valence-corrected chi connectivity index (χ3v) is 4.47. The van der Waals surface area contributed by atoms with Gasteiger partial charge in [0.15, 0.2) is 0 Å². The Morgan fingerprint density at radius 2 is 2.17 bits per heavy atom. The van der Waals surface area contributed by atoms with E-state index < -0.39 is 5.83 Å². The molecule has 6 heteroatoms. The van der Waals surface area contributed by atoms with Crippen LogP contribution in [0.4, 0.5) is 4.39 Å². The Bertz CT molecular complexity index is 723.